The third-order valence-corrected chi connectivity index (χ3v) is 2.02. The minimum atomic E-state index is -0.947. The lowest BCUT2D eigenvalue weighted by Crippen LogP contribution is -2.37. The van der Waals surface area contributed by atoms with Crippen molar-refractivity contribution in [1.82, 2.24) is 0 Å². The highest BCUT2D eigenvalue weighted by Crippen LogP contribution is 2.29. The normalized spacial score (nSPS) is 28.8. The molecule has 15 heavy (non-hydrogen) atoms. The van der Waals surface area contributed by atoms with Gasteiger partial charge in [0.2, 0.25) is 0 Å². The van der Waals surface area contributed by atoms with Crippen molar-refractivity contribution >= 4 is 11.8 Å². The summed E-state index contributed by atoms with van der Waals surface area (Å²) in [4.78, 5) is 22.7. The minimum Gasteiger partial charge on any atom is -0.464 e. The highest BCUT2D eigenvalue weighted by Gasteiger charge is 2.48. The van der Waals surface area contributed by atoms with Gasteiger partial charge in [-0.3, -0.25) is 4.79 Å². The first-order chi connectivity index (χ1) is 6.87. The van der Waals surface area contributed by atoms with Gasteiger partial charge >= 0.3 is 5.97 Å². The zero-order chi connectivity index (χ0) is 11.6. The summed E-state index contributed by atoms with van der Waals surface area (Å²) in [7, 11) is 0. The number of esters is 1. The van der Waals surface area contributed by atoms with Gasteiger partial charge in [-0.2, -0.15) is 0 Å². The summed E-state index contributed by atoms with van der Waals surface area (Å²) in [6.07, 6.45) is -1.81. The Hall–Kier alpha value is -0.940. The number of Topliss-reactive ketones (excluding diaryl/α,β-unsaturated/α-hetero) is 1. The number of hydrogen-bond donors (Lipinski definition) is 0. The second-order valence-electron chi connectivity index (χ2n) is 3.84. The number of carbonyl (C=O) groups excluding carboxylic acids is 2. The molecule has 1 aliphatic heterocycles. The molecule has 0 unspecified atom stereocenters. The van der Waals surface area contributed by atoms with E-state index in [1.807, 2.05) is 0 Å². The van der Waals surface area contributed by atoms with Crippen molar-refractivity contribution in [3.8, 4) is 0 Å². The molecule has 0 bridgehead atoms. The fourth-order valence-corrected chi connectivity index (χ4v) is 1.46. The van der Waals surface area contributed by atoms with Gasteiger partial charge in [0, 0.05) is 0 Å². The molecule has 1 saturated heterocycles. The molecule has 0 aromatic carbocycles. The molecule has 2 atom stereocenters. The van der Waals surface area contributed by atoms with Crippen LogP contribution in [0.4, 0.5) is 0 Å². The third kappa shape index (κ3) is 2.76. The van der Waals surface area contributed by atoms with Crippen LogP contribution < -0.4 is 0 Å². The van der Waals surface area contributed by atoms with E-state index in [1.54, 1.807) is 20.8 Å². The second-order valence-corrected chi connectivity index (χ2v) is 3.84. The van der Waals surface area contributed by atoms with Crippen molar-refractivity contribution in [2.24, 2.45) is 0 Å². The quantitative estimate of drug-likeness (QED) is 0.648. The van der Waals surface area contributed by atoms with Crippen molar-refractivity contribution in [3.63, 3.8) is 0 Å². The van der Waals surface area contributed by atoms with Crippen molar-refractivity contribution in [2.45, 2.75) is 45.7 Å². The van der Waals surface area contributed by atoms with E-state index in [0.717, 1.165) is 0 Å². The molecule has 86 valence electrons. The van der Waals surface area contributed by atoms with E-state index >= 15 is 0 Å². The predicted molar refractivity (Wildman–Crippen MR) is 51.1 cm³/mol. The molecule has 1 heterocycles. The molecule has 1 rings (SSSR count). The average Bonchev–Trinajstić information content (AvgIpc) is 2.42. The molecule has 0 spiro atoms. The van der Waals surface area contributed by atoms with Crippen LogP contribution in [-0.2, 0) is 23.8 Å². The summed E-state index contributed by atoms with van der Waals surface area (Å²) in [5.74, 6) is -1.71. The van der Waals surface area contributed by atoms with Crippen LogP contribution in [0.25, 0.3) is 0 Å². The van der Waals surface area contributed by atoms with E-state index in [-0.39, 0.29) is 12.4 Å². The Morgan fingerprint density at radius 2 is 1.80 bits per heavy atom. The summed E-state index contributed by atoms with van der Waals surface area (Å²) in [6.45, 7) is 6.62. The molecule has 0 aromatic rings. The van der Waals surface area contributed by atoms with Gasteiger partial charge in [0.1, 0.15) is 0 Å². The molecule has 5 nitrogen and oxygen atoms in total. The lowest BCUT2D eigenvalue weighted by molar-refractivity contribution is -0.170. The highest BCUT2D eigenvalue weighted by molar-refractivity contribution is 5.89. The first-order valence-corrected chi connectivity index (χ1v) is 4.90. The number of ether oxygens (including phenoxy) is 3. The summed E-state index contributed by atoms with van der Waals surface area (Å²) in [5.41, 5.74) is 0. The molecule has 5 heteroatoms. The van der Waals surface area contributed by atoms with Gasteiger partial charge in [0.15, 0.2) is 23.8 Å². The molecular weight excluding hydrogens is 200 g/mol. The molecule has 0 saturated carbocycles. The van der Waals surface area contributed by atoms with E-state index in [1.165, 1.54) is 6.92 Å². The van der Waals surface area contributed by atoms with Crippen LogP contribution in [-0.4, -0.2) is 36.4 Å². The number of ketones is 1. The average molecular weight is 216 g/mol. The van der Waals surface area contributed by atoms with Crippen molar-refractivity contribution in [1.29, 1.82) is 0 Å². The van der Waals surface area contributed by atoms with Gasteiger partial charge in [-0.1, -0.05) is 0 Å². The first kappa shape index (κ1) is 12.1. The molecule has 0 amide bonds. The SMILES string of the molecule is CCOC(=O)[C@@H]1OC(C)(C)O[C@H]1C(C)=O. The lowest BCUT2D eigenvalue weighted by Gasteiger charge is -2.15. The number of rotatable bonds is 3. The Labute approximate surface area is 88.7 Å². The molecule has 1 fully saturated rings. The summed E-state index contributed by atoms with van der Waals surface area (Å²) in [5, 5.41) is 0. The largest absolute Gasteiger partial charge is 0.464 e. The van der Waals surface area contributed by atoms with Gasteiger partial charge in [0.25, 0.3) is 0 Å². The molecule has 0 aromatic heterocycles. The maximum absolute atomic E-state index is 11.5. The van der Waals surface area contributed by atoms with E-state index in [0.29, 0.717) is 0 Å². The molecule has 0 aliphatic carbocycles. The van der Waals surface area contributed by atoms with Crippen molar-refractivity contribution < 1.29 is 23.8 Å². The lowest BCUT2D eigenvalue weighted by atomic mass is 10.1. The van der Waals surface area contributed by atoms with Crippen LogP contribution in [0.15, 0.2) is 0 Å². The van der Waals surface area contributed by atoms with Gasteiger partial charge in [-0.15, -0.1) is 0 Å². The molecule has 0 N–H and O–H groups in total. The number of hydrogen-bond acceptors (Lipinski definition) is 5. The van der Waals surface area contributed by atoms with Crippen molar-refractivity contribution in [2.75, 3.05) is 6.61 Å². The van der Waals surface area contributed by atoms with E-state index in [2.05, 4.69) is 0 Å². The van der Waals surface area contributed by atoms with E-state index in [9.17, 15) is 9.59 Å². The predicted octanol–water partition coefficient (Wildman–Crippen LogP) is 0.659. The molecule has 1 aliphatic rings. The topological polar surface area (TPSA) is 61.8 Å². The van der Waals surface area contributed by atoms with Crippen LogP contribution in [0.3, 0.4) is 0 Å². The third-order valence-electron chi connectivity index (χ3n) is 2.02. The maximum atomic E-state index is 11.5. The highest BCUT2D eigenvalue weighted by atomic mass is 16.8. The van der Waals surface area contributed by atoms with E-state index < -0.39 is 24.0 Å². The van der Waals surface area contributed by atoms with Crippen LogP contribution >= 0.6 is 0 Å². The zero-order valence-electron chi connectivity index (χ0n) is 9.40. The molecular formula is C10H16O5. The summed E-state index contributed by atoms with van der Waals surface area (Å²) < 4.78 is 15.4. The smallest absolute Gasteiger partial charge is 0.338 e. The van der Waals surface area contributed by atoms with Gasteiger partial charge in [0.05, 0.1) is 6.61 Å². The first-order valence-electron chi connectivity index (χ1n) is 4.90. The minimum absolute atomic E-state index is 0.237. The Kier molecular flexibility index (Phi) is 3.46. The fraction of sp³-hybridized carbons (Fsp3) is 0.800. The van der Waals surface area contributed by atoms with E-state index in [4.69, 9.17) is 14.2 Å². The Bertz CT molecular complexity index is 271. The second kappa shape index (κ2) is 4.28. The summed E-state index contributed by atoms with van der Waals surface area (Å²) in [6, 6.07) is 0. The van der Waals surface area contributed by atoms with Crippen LogP contribution in [0.1, 0.15) is 27.7 Å². The summed E-state index contributed by atoms with van der Waals surface area (Å²) >= 11 is 0. The monoisotopic (exact) mass is 216 g/mol. The van der Waals surface area contributed by atoms with Crippen LogP contribution in [0.2, 0.25) is 0 Å². The zero-order valence-corrected chi connectivity index (χ0v) is 9.40. The standard InChI is InChI=1S/C10H16O5/c1-5-13-9(12)8-7(6(2)11)14-10(3,4)15-8/h7-8H,5H2,1-4H3/t7-,8+/m0/s1. The van der Waals surface area contributed by atoms with Gasteiger partial charge in [-0.05, 0) is 27.7 Å². The Morgan fingerprint density at radius 3 is 2.27 bits per heavy atom. The van der Waals surface area contributed by atoms with Gasteiger partial charge < -0.3 is 14.2 Å². The van der Waals surface area contributed by atoms with Crippen LogP contribution in [0.5, 0.6) is 0 Å². The Balaban J connectivity index is 2.77. The number of carbonyl (C=O) groups is 2. The Morgan fingerprint density at radius 1 is 1.27 bits per heavy atom. The van der Waals surface area contributed by atoms with Crippen LogP contribution in [0, 0.1) is 0 Å². The van der Waals surface area contributed by atoms with Crippen molar-refractivity contribution in [3.05, 3.63) is 0 Å². The fourth-order valence-electron chi connectivity index (χ4n) is 1.46. The van der Waals surface area contributed by atoms with Gasteiger partial charge in [-0.25, -0.2) is 4.79 Å². The maximum Gasteiger partial charge on any atom is 0.338 e. The molecule has 0 radical (unpaired) electrons.